The Morgan fingerprint density at radius 1 is 1.24 bits per heavy atom. The predicted molar refractivity (Wildman–Crippen MR) is 152 cm³/mol. The Hall–Kier alpha value is -5.48. The summed E-state index contributed by atoms with van der Waals surface area (Å²) in [5.41, 5.74) is 2.29. The van der Waals surface area contributed by atoms with Gasteiger partial charge in [0.1, 0.15) is 11.7 Å². The normalized spacial score (nSPS) is 16.9. The number of rotatable bonds is 11. The largest absolute Gasteiger partial charge is 0.503 e. The SMILES string of the molecule is CC(C)(O/N=C(\C(=O)NC1C(=O)N(S(=O)(=O)O)C1CNC(=O)c1cnc(-c2cc(=O)c(O)c[nH]2)nc1)c1csc(N)n1)C(=O)O. The minimum Gasteiger partial charge on any atom is -0.503 e. The maximum Gasteiger partial charge on any atom is 0.362 e. The van der Waals surface area contributed by atoms with Crippen LogP contribution in [0.25, 0.3) is 11.5 Å². The number of carbonyl (C=O) groups excluding carboxylic acids is 3. The van der Waals surface area contributed by atoms with Gasteiger partial charge in [-0.15, -0.1) is 11.3 Å². The highest BCUT2D eigenvalue weighted by Crippen LogP contribution is 2.24. The smallest absolute Gasteiger partial charge is 0.362 e. The second-order valence-electron chi connectivity index (χ2n) is 9.65. The van der Waals surface area contributed by atoms with E-state index in [2.05, 4.69) is 35.7 Å². The number of β-lactam (4-membered cyclic amide) rings is 1. The van der Waals surface area contributed by atoms with Crippen molar-refractivity contribution in [3.05, 3.63) is 51.5 Å². The molecule has 1 aliphatic rings. The second kappa shape index (κ2) is 12.3. The molecule has 0 saturated carbocycles. The van der Waals surface area contributed by atoms with Crippen LogP contribution in [-0.4, -0.2) is 101 Å². The fraction of sp³-hybridized carbons (Fsp3) is 0.261. The Morgan fingerprint density at radius 3 is 2.47 bits per heavy atom. The second-order valence-corrected chi connectivity index (χ2v) is 11.8. The van der Waals surface area contributed by atoms with Gasteiger partial charge in [0.05, 0.1) is 17.3 Å². The number of carbonyl (C=O) groups is 4. The molecular weight excluding hydrogens is 642 g/mol. The lowest BCUT2D eigenvalue weighted by Gasteiger charge is -2.44. The fourth-order valence-electron chi connectivity index (χ4n) is 3.65. The standard InChI is InChI=1S/C23H23N9O11S2/c1-23(2,21(38)39)43-31-15(11-8-44-22(24)29-11)19(36)30-16-12(32(20(16)37)45(40,41)42)6-28-18(35)9-4-26-17(27-5-9)10-3-13(33)14(34)7-25-10/h3-5,7-8,12,16,34H,6H2,1-2H3,(H2,24,29)(H,25,33)(H,28,35)(H,30,36)(H,38,39)(H,40,41,42)/b31-15-. The molecule has 1 saturated heterocycles. The van der Waals surface area contributed by atoms with Crippen LogP contribution in [0.3, 0.4) is 0 Å². The van der Waals surface area contributed by atoms with Crippen LogP contribution in [-0.2, 0) is 29.5 Å². The molecule has 3 aromatic heterocycles. The van der Waals surface area contributed by atoms with Crippen LogP contribution in [0.4, 0.5) is 5.13 Å². The van der Waals surface area contributed by atoms with Gasteiger partial charge in [-0.25, -0.2) is 24.1 Å². The van der Waals surface area contributed by atoms with E-state index >= 15 is 0 Å². The Labute approximate surface area is 255 Å². The monoisotopic (exact) mass is 665 g/mol. The first-order chi connectivity index (χ1) is 21.0. The fourth-order valence-corrected chi connectivity index (χ4v) is 5.08. The van der Waals surface area contributed by atoms with Crippen molar-refractivity contribution in [3.63, 3.8) is 0 Å². The lowest BCUT2D eigenvalue weighted by atomic mass is 9.98. The quantitative estimate of drug-likeness (QED) is 0.0508. The Balaban J connectivity index is 1.51. The number of hydrogen-bond acceptors (Lipinski definition) is 15. The number of carboxylic acids is 1. The van der Waals surface area contributed by atoms with Gasteiger partial charge in [0.25, 0.3) is 17.7 Å². The van der Waals surface area contributed by atoms with Gasteiger partial charge in [-0.1, -0.05) is 5.16 Å². The lowest BCUT2D eigenvalue weighted by molar-refractivity contribution is -0.161. The molecule has 2 unspecified atom stereocenters. The molecule has 1 aliphatic heterocycles. The van der Waals surface area contributed by atoms with Gasteiger partial charge in [0, 0.05) is 36.6 Å². The number of carboxylic acid groups (broad SMARTS) is 1. The van der Waals surface area contributed by atoms with Crippen molar-refractivity contribution >= 4 is 56.2 Å². The molecule has 45 heavy (non-hydrogen) atoms. The van der Waals surface area contributed by atoms with Crippen molar-refractivity contribution in [3.8, 4) is 17.3 Å². The summed E-state index contributed by atoms with van der Waals surface area (Å²) in [5, 5.41) is 28.1. The van der Waals surface area contributed by atoms with Crippen LogP contribution < -0.4 is 21.8 Å². The van der Waals surface area contributed by atoms with Gasteiger partial charge in [-0.2, -0.15) is 8.42 Å². The molecule has 22 heteroatoms. The summed E-state index contributed by atoms with van der Waals surface area (Å²) in [4.78, 5) is 81.1. The number of pyridine rings is 1. The molecule has 0 aromatic carbocycles. The molecular formula is C23H23N9O11S2. The number of nitrogens with two attached hydrogens (primary N) is 1. The van der Waals surface area contributed by atoms with Crippen LogP contribution >= 0.6 is 11.3 Å². The van der Waals surface area contributed by atoms with Crippen LogP contribution in [0.1, 0.15) is 29.9 Å². The van der Waals surface area contributed by atoms with Crippen molar-refractivity contribution in [1.82, 2.24) is 34.9 Å². The zero-order valence-corrected chi connectivity index (χ0v) is 24.6. The summed E-state index contributed by atoms with van der Waals surface area (Å²) < 4.78 is 33.4. The highest BCUT2D eigenvalue weighted by atomic mass is 32.2. The van der Waals surface area contributed by atoms with Crippen LogP contribution in [0.15, 0.2) is 40.0 Å². The van der Waals surface area contributed by atoms with Crippen molar-refractivity contribution < 1.29 is 47.2 Å². The Morgan fingerprint density at radius 2 is 1.91 bits per heavy atom. The van der Waals surface area contributed by atoms with Crippen molar-refractivity contribution in [2.75, 3.05) is 12.3 Å². The average molecular weight is 666 g/mol. The van der Waals surface area contributed by atoms with E-state index in [1.165, 1.54) is 5.38 Å². The number of thiazole rings is 1. The maximum absolute atomic E-state index is 13.2. The molecule has 3 amide bonds. The minimum atomic E-state index is -5.13. The third-order valence-electron chi connectivity index (χ3n) is 6.08. The van der Waals surface area contributed by atoms with E-state index in [0.29, 0.717) is 0 Å². The lowest BCUT2D eigenvalue weighted by Crippen LogP contribution is -2.74. The summed E-state index contributed by atoms with van der Waals surface area (Å²) in [7, 11) is -5.13. The summed E-state index contributed by atoms with van der Waals surface area (Å²) in [6.45, 7) is 1.68. The number of amides is 3. The number of aromatic hydroxyl groups is 1. The average Bonchev–Trinajstić information content (AvgIpc) is 3.39. The molecule has 0 radical (unpaired) electrons. The summed E-state index contributed by atoms with van der Waals surface area (Å²) in [5.74, 6) is -5.20. The van der Waals surface area contributed by atoms with Gasteiger partial charge in [-0.3, -0.25) is 23.7 Å². The third-order valence-corrected chi connectivity index (χ3v) is 7.70. The first-order valence-corrected chi connectivity index (χ1v) is 14.6. The highest BCUT2D eigenvalue weighted by Gasteiger charge is 2.54. The number of anilines is 1. The van der Waals surface area contributed by atoms with Crippen molar-refractivity contribution in [2.45, 2.75) is 31.5 Å². The molecule has 3 aromatic rings. The van der Waals surface area contributed by atoms with Gasteiger partial charge < -0.3 is 36.4 Å². The number of nitrogens with one attached hydrogen (secondary N) is 3. The van der Waals surface area contributed by atoms with E-state index in [1.807, 2.05) is 0 Å². The van der Waals surface area contributed by atoms with E-state index in [4.69, 9.17) is 10.6 Å². The topological polar surface area (TPSA) is 310 Å². The van der Waals surface area contributed by atoms with E-state index in [-0.39, 0.29) is 32.2 Å². The predicted octanol–water partition coefficient (Wildman–Crippen LogP) is -1.91. The molecule has 238 valence electrons. The molecule has 2 atom stereocenters. The molecule has 0 bridgehead atoms. The molecule has 1 fully saturated rings. The zero-order valence-electron chi connectivity index (χ0n) is 23.0. The van der Waals surface area contributed by atoms with Crippen molar-refractivity contribution in [1.29, 1.82) is 0 Å². The number of nitrogen functional groups attached to an aromatic ring is 1. The van der Waals surface area contributed by atoms with Crippen LogP contribution in [0.2, 0.25) is 0 Å². The maximum atomic E-state index is 13.2. The molecule has 4 heterocycles. The van der Waals surface area contributed by atoms with Gasteiger partial charge in [0.15, 0.2) is 22.4 Å². The van der Waals surface area contributed by atoms with E-state index in [0.717, 1.165) is 49.8 Å². The van der Waals surface area contributed by atoms with Gasteiger partial charge >= 0.3 is 16.3 Å². The number of H-pyrrole nitrogens is 1. The number of oxime groups is 1. The van der Waals surface area contributed by atoms with Crippen LogP contribution in [0, 0.1) is 0 Å². The number of nitrogens with zero attached hydrogens (tertiary/aromatic N) is 5. The van der Waals surface area contributed by atoms with Crippen molar-refractivity contribution in [2.24, 2.45) is 5.16 Å². The number of hydrogen-bond donors (Lipinski definition) is 7. The van der Waals surface area contributed by atoms with E-state index < -0.39 is 75.1 Å². The third kappa shape index (κ3) is 7.02. The summed E-state index contributed by atoms with van der Waals surface area (Å²) in [6.07, 6.45) is 3.19. The first-order valence-electron chi connectivity index (χ1n) is 12.3. The zero-order chi connectivity index (χ0) is 33.3. The molecule has 8 N–H and O–H groups in total. The minimum absolute atomic E-state index is 0.00336. The Bertz CT molecular complexity index is 1870. The molecule has 20 nitrogen and oxygen atoms in total. The summed E-state index contributed by atoms with van der Waals surface area (Å²) in [6, 6.07) is -2.12. The molecule has 0 spiro atoms. The number of aromatic amines is 1. The molecule has 0 aliphatic carbocycles. The van der Waals surface area contributed by atoms with E-state index in [9.17, 15) is 47.2 Å². The number of aliphatic carboxylic acids is 1. The first kappa shape index (κ1) is 32.4. The van der Waals surface area contributed by atoms with Crippen LogP contribution in [0.5, 0.6) is 5.75 Å². The number of aromatic nitrogens is 4. The van der Waals surface area contributed by atoms with E-state index in [1.54, 1.807) is 0 Å². The highest BCUT2D eigenvalue weighted by molar-refractivity contribution is 7.84. The van der Waals surface area contributed by atoms with Gasteiger partial charge in [-0.05, 0) is 13.8 Å². The summed E-state index contributed by atoms with van der Waals surface area (Å²) >= 11 is 0.906. The Kier molecular flexibility index (Phi) is 8.83. The van der Waals surface area contributed by atoms with Gasteiger partial charge in [0.2, 0.25) is 11.0 Å². The molecule has 4 rings (SSSR count).